The largest absolute Gasteiger partial charge is 0.313 e. The summed E-state index contributed by atoms with van der Waals surface area (Å²) < 4.78 is 0. The van der Waals surface area contributed by atoms with Crippen LogP contribution >= 0.6 is 11.6 Å². The van der Waals surface area contributed by atoms with E-state index in [9.17, 15) is 0 Å². The van der Waals surface area contributed by atoms with Crippen molar-refractivity contribution < 1.29 is 0 Å². The Balaban J connectivity index is 2.87. The van der Waals surface area contributed by atoms with Crippen molar-refractivity contribution in [2.24, 2.45) is 0 Å². The summed E-state index contributed by atoms with van der Waals surface area (Å²) in [7, 11) is 1.93. The zero-order valence-electron chi connectivity index (χ0n) is 9.18. The van der Waals surface area contributed by atoms with Crippen LogP contribution in [0.1, 0.15) is 30.0 Å². The second-order valence-electron chi connectivity index (χ2n) is 3.61. The monoisotopic (exact) mass is 221 g/mol. The molecule has 1 rings (SSSR count). The standard InChI is InChI=1S/C13H16ClN/c1-4-5-6-13(15-3)11-8-7-10(2)9-12(11)14/h1,7-9,13,15H,5-6H2,2-3H3. The normalized spacial score (nSPS) is 12.1. The summed E-state index contributed by atoms with van der Waals surface area (Å²) >= 11 is 6.19. The predicted molar refractivity (Wildman–Crippen MR) is 66.1 cm³/mol. The molecule has 0 bridgehead atoms. The van der Waals surface area contributed by atoms with Gasteiger partial charge in [0, 0.05) is 17.5 Å². The van der Waals surface area contributed by atoms with E-state index in [0.29, 0.717) is 0 Å². The van der Waals surface area contributed by atoms with E-state index in [1.807, 2.05) is 20.0 Å². The fraction of sp³-hybridized carbons (Fsp3) is 0.385. The predicted octanol–water partition coefficient (Wildman–Crippen LogP) is 3.32. The number of aryl methyl sites for hydroxylation is 1. The van der Waals surface area contributed by atoms with Gasteiger partial charge in [-0.25, -0.2) is 0 Å². The van der Waals surface area contributed by atoms with Crippen molar-refractivity contribution in [1.82, 2.24) is 5.32 Å². The number of rotatable bonds is 4. The van der Waals surface area contributed by atoms with Gasteiger partial charge in [0.25, 0.3) is 0 Å². The molecule has 0 radical (unpaired) electrons. The Bertz CT molecular complexity index is 365. The van der Waals surface area contributed by atoms with Crippen LogP contribution in [-0.2, 0) is 0 Å². The first-order valence-corrected chi connectivity index (χ1v) is 5.43. The maximum Gasteiger partial charge on any atom is 0.0456 e. The van der Waals surface area contributed by atoms with Crippen LogP contribution in [0, 0.1) is 19.3 Å². The van der Waals surface area contributed by atoms with Gasteiger partial charge in [-0.1, -0.05) is 23.7 Å². The van der Waals surface area contributed by atoms with Gasteiger partial charge in [-0.2, -0.15) is 0 Å². The second kappa shape index (κ2) is 5.80. The van der Waals surface area contributed by atoms with Gasteiger partial charge in [0.15, 0.2) is 0 Å². The Labute approximate surface area is 96.8 Å². The number of benzene rings is 1. The van der Waals surface area contributed by atoms with E-state index in [0.717, 1.165) is 23.4 Å². The van der Waals surface area contributed by atoms with Crippen LogP contribution in [0.3, 0.4) is 0 Å². The molecule has 1 nitrogen and oxygen atoms in total. The van der Waals surface area contributed by atoms with E-state index in [2.05, 4.69) is 23.4 Å². The average molecular weight is 222 g/mol. The first-order valence-electron chi connectivity index (χ1n) is 5.05. The number of halogens is 1. The maximum absolute atomic E-state index is 6.19. The van der Waals surface area contributed by atoms with Crippen LogP contribution in [0.25, 0.3) is 0 Å². The highest BCUT2D eigenvalue weighted by atomic mass is 35.5. The van der Waals surface area contributed by atoms with E-state index in [4.69, 9.17) is 18.0 Å². The zero-order valence-corrected chi connectivity index (χ0v) is 9.93. The van der Waals surface area contributed by atoms with Crippen molar-refractivity contribution in [3.63, 3.8) is 0 Å². The van der Waals surface area contributed by atoms with Crippen molar-refractivity contribution in [3.8, 4) is 12.3 Å². The summed E-state index contributed by atoms with van der Waals surface area (Å²) in [5, 5.41) is 4.04. The zero-order chi connectivity index (χ0) is 11.3. The van der Waals surface area contributed by atoms with E-state index < -0.39 is 0 Å². The van der Waals surface area contributed by atoms with Gasteiger partial charge in [0.2, 0.25) is 0 Å². The minimum atomic E-state index is 0.245. The van der Waals surface area contributed by atoms with E-state index in [-0.39, 0.29) is 6.04 Å². The smallest absolute Gasteiger partial charge is 0.0456 e. The molecule has 1 aromatic rings. The highest BCUT2D eigenvalue weighted by Crippen LogP contribution is 2.26. The van der Waals surface area contributed by atoms with Crippen molar-refractivity contribution in [3.05, 3.63) is 34.3 Å². The van der Waals surface area contributed by atoms with Crippen LogP contribution < -0.4 is 5.32 Å². The fourth-order valence-electron chi connectivity index (χ4n) is 1.60. The van der Waals surface area contributed by atoms with E-state index >= 15 is 0 Å². The molecule has 1 aromatic carbocycles. The third-order valence-electron chi connectivity index (χ3n) is 2.46. The number of hydrogen-bond acceptors (Lipinski definition) is 1. The Hall–Kier alpha value is -0.970. The molecule has 0 aliphatic carbocycles. The summed E-state index contributed by atoms with van der Waals surface area (Å²) in [5.74, 6) is 2.65. The fourth-order valence-corrected chi connectivity index (χ4v) is 1.96. The van der Waals surface area contributed by atoms with Gasteiger partial charge < -0.3 is 5.32 Å². The lowest BCUT2D eigenvalue weighted by Gasteiger charge is -2.17. The molecule has 1 atom stereocenters. The first kappa shape index (κ1) is 12.1. The van der Waals surface area contributed by atoms with Crippen LogP contribution in [0.4, 0.5) is 0 Å². The SMILES string of the molecule is C#CCCC(NC)c1ccc(C)cc1Cl. The molecule has 0 fully saturated rings. The van der Waals surface area contributed by atoms with Crippen LogP contribution in [0.15, 0.2) is 18.2 Å². The molecule has 1 N–H and O–H groups in total. The molecule has 15 heavy (non-hydrogen) atoms. The summed E-state index contributed by atoms with van der Waals surface area (Å²) in [4.78, 5) is 0. The van der Waals surface area contributed by atoms with Gasteiger partial charge in [-0.15, -0.1) is 12.3 Å². The molecule has 0 saturated heterocycles. The van der Waals surface area contributed by atoms with Gasteiger partial charge in [-0.05, 0) is 37.6 Å². The lowest BCUT2D eigenvalue weighted by molar-refractivity contribution is 0.558. The highest BCUT2D eigenvalue weighted by Gasteiger charge is 2.11. The first-order chi connectivity index (χ1) is 7.19. The molecule has 0 spiro atoms. The molecule has 2 heteroatoms. The summed E-state index contributed by atoms with van der Waals surface area (Å²) in [6, 6.07) is 6.36. The molecule has 0 aliphatic heterocycles. The topological polar surface area (TPSA) is 12.0 Å². The molecule has 0 saturated carbocycles. The lowest BCUT2D eigenvalue weighted by atomic mass is 10.0. The lowest BCUT2D eigenvalue weighted by Crippen LogP contribution is -2.16. The minimum absolute atomic E-state index is 0.245. The molecule has 0 aromatic heterocycles. The highest BCUT2D eigenvalue weighted by molar-refractivity contribution is 6.31. The molecular weight excluding hydrogens is 206 g/mol. The Morgan fingerprint density at radius 1 is 1.53 bits per heavy atom. The van der Waals surface area contributed by atoms with Gasteiger partial charge in [-0.3, -0.25) is 0 Å². The Kier molecular flexibility index (Phi) is 4.68. The molecular formula is C13H16ClN. The molecule has 80 valence electrons. The maximum atomic E-state index is 6.19. The second-order valence-corrected chi connectivity index (χ2v) is 4.02. The van der Waals surface area contributed by atoms with E-state index in [1.165, 1.54) is 5.56 Å². The van der Waals surface area contributed by atoms with Gasteiger partial charge >= 0.3 is 0 Å². The summed E-state index contributed by atoms with van der Waals surface area (Å²) in [6.07, 6.45) is 6.93. The summed E-state index contributed by atoms with van der Waals surface area (Å²) in [5.41, 5.74) is 2.30. The molecule has 0 heterocycles. The average Bonchev–Trinajstić information content (AvgIpc) is 2.21. The quantitative estimate of drug-likeness (QED) is 0.770. The van der Waals surface area contributed by atoms with Gasteiger partial charge in [0.05, 0.1) is 0 Å². The molecule has 0 aliphatic rings. The Morgan fingerprint density at radius 2 is 2.27 bits per heavy atom. The minimum Gasteiger partial charge on any atom is -0.313 e. The third kappa shape index (κ3) is 3.27. The summed E-state index contributed by atoms with van der Waals surface area (Å²) in [6.45, 7) is 2.03. The third-order valence-corrected chi connectivity index (χ3v) is 2.78. The number of terminal acetylenes is 1. The molecule has 0 amide bonds. The van der Waals surface area contributed by atoms with Crippen LogP contribution in [-0.4, -0.2) is 7.05 Å². The van der Waals surface area contributed by atoms with Crippen molar-refractivity contribution >= 4 is 11.6 Å². The van der Waals surface area contributed by atoms with E-state index in [1.54, 1.807) is 0 Å². The van der Waals surface area contributed by atoms with Crippen molar-refractivity contribution in [1.29, 1.82) is 0 Å². The number of hydrogen-bond donors (Lipinski definition) is 1. The molecule has 1 unspecified atom stereocenters. The Morgan fingerprint density at radius 3 is 2.80 bits per heavy atom. The van der Waals surface area contributed by atoms with Gasteiger partial charge in [0.1, 0.15) is 0 Å². The number of nitrogens with one attached hydrogen (secondary N) is 1. The van der Waals surface area contributed by atoms with Crippen molar-refractivity contribution in [2.45, 2.75) is 25.8 Å². The van der Waals surface area contributed by atoms with Crippen LogP contribution in [0.5, 0.6) is 0 Å². The van der Waals surface area contributed by atoms with Crippen LogP contribution in [0.2, 0.25) is 5.02 Å². The van der Waals surface area contributed by atoms with Crippen molar-refractivity contribution in [2.75, 3.05) is 7.05 Å².